The third kappa shape index (κ3) is 2.80. The smallest absolute Gasteiger partial charge is 0.0667 e. The number of rotatable bonds is 2. The molecule has 0 aliphatic carbocycles. The molecule has 1 atom stereocenters. The van der Waals surface area contributed by atoms with Crippen molar-refractivity contribution in [3.8, 4) is 0 Å². The molecule has 2 heteroatoms. The number of piperidine rings is 1. The Morgan fingerprint density at radius 3 is 2.93 bits per heavy atom. The number of β-amino-alcohol motifs (C(OH)–C–C–N with tert-alkyl or cyclic N) is 1. The number of nitrogens with zero attached hydrogens (tertiary/aromatic N) is 1. The van der Waals surface area contributed by atoms with Crippen LogP contribution in [0.5, 0.6) is 0 Å². The lowest BCUT2D eigenvalue weighted by molar-refractivity contribution is 0.0667. The largest absolute Gasteiger partial charge is 0.392 e. The fourth-order valence-electron chi connectivity index (χ4n) is 2.20. The highest BCUT2D eigenvalue weighted by molar-refractivity contribution is 5.25. The average molecular weight is 205 g/mol. The van der Waals surface area contributed by atoms with Crippen molar-refractivity contribution in [1.29, 1.82) is 0 Å². The predicted molar refractivity (Wildman–Crippen MR) is 61.7 cm³/mol. The predicted octanol–water partition coefficient (Wildman–Crippen LogP) is 1.95. The fourth-order valence-corrected chi connectivity index (χ4v) is 2.20. The van der Waals surface area contributed by atoms with Crippen LogP contribution in [0.1, 0.15) is 24.0 Å². The number of hydrogen-bond acceptors (Lipinski definition) is 2. The van der Waals surface area contributed by atoms with Gasteiger partial charge in [-0.05, 0) is 37.4 Å². The standard InChI is InChI=1S/C13H19NO/c1-11-5-2-3-6-12(11)9-14-8-4-7-13(15)10-14/h2-3,5-6,13,15H,4,7-10H2,1H3/t13-/m0/s1. The van der Waals surface area contributed by atoms with Crippen LogP contribution in [-0.4, -0.2) is 29.2 Å². The van der Waals surface area contributed by atoms with E-state index in [2.05, 4.69) is 36.1 Å². The highest BCUT2D eigenvalue weighted by Gasteiger charge is 2.17. The first-order valence-electron chi connectivity index (χ1n) is 5.70. The zero-order valence-electron chi connectivity index (χ0n) is 9.32. The molecule has 0 saturated carbocycles. The molecule has 1 N–H and O–H groups in total. The van der Waals surface area contributed by atoms with Crippen LogP contribution in [0.3, 0.4) is 0 Å². The van der Waals surface area contributed by atoms with E-state index in [4.69, 9.17) is 0 Å². The number of benzene rings is 1. The third-order valence-corrected chi connectivity index (χ3v) is 3.14. The van der Waals surface area contributed by atoms with E-state index in [-0.39, 0.29) is 6.10 Å². The highest BCUT2D eigenvalue weighted by Crippen LogP contribution is 2.15. The maximum absolute atomic E-state index is 9.59. The Labute approximate surface area is 91.5 Å². The summed E-state index contributed by atoms with van der Waals surface area (Å²) in [6.07, 6.45) is 1.96. The number of aliphatic hydroxyl groups is 1. The molecule has 1 aliphatic rings. The molecular formula is C13H19NO. The number of likely N-dealkylation sites (tertiary alicyclic amines) is 1. The summed E-state index contributed by atoms with van der Waals surface area (Å²) in [7, 11) is 0. The normalized spacial score (nSPS) is 22.9. The Balaban J connectivity index is 1.99. The van der Waals surface area contributed by atoms with Gasteiger partial charge in [-0.2, -0.15) is 0 Å². The Morgan fingerprint density at radius 2 is 2.20 bits per heavy atom. The van der Waals surface area contributed by atoms with Gasteiger partial charge in [0.25, 0.3) is 0 Å². The summed E-state index contributed by atoms with van der Waals surface area (Å²) in [5.74, 6) is 0. The van der Waals surface area contributed by atoms with E-state index in [0.717, 1.165) is 32.5 Å². The van der Waals surface area contributed by atoms with Crippen molar-refractivity contribution in [3.05, 3.63) is 35.4 Å². The zero-order chi connectivity index (χ0) is 10.7. The minimum atomic E-state index is -0.122. The van der Waals surface area contributed by atoms with Crippen LogP contribution in [0.25, 0.3) is 0 Å². The molecule has 1 fully saturated rings. The van der Waals surface area contributed by atoms with Crippen molar-refractivity contribution >= 4 is 0 Å². The lowest BCUT2D eigenvalue weighted by Crippen LogP contribution is -2.37. The molecule has 0 amide bonds. The number of hydrogen-bond donors (Lipinski definition) is 1. The van der Waals surface area contributed by atoms with Crippen molar-refractivity contribution < 1.29 is 5.11 Å². The van der Waals surface area contributed by atoms with Crippen LogP contribution in [0, 0.1) is 6.92 Å². The van der Waals surface area contributed by atoms with E-state index in [1.165, 1.54) is 11.1 Å². The second-order valence-electron chi connectivity index (χ2n) is 4.46. The molecule has 1 heterocycles. The second-order valence-corrected chi connectivity index (χ2v) is 4.46. The molecule has 1 aromatic carbocycles. The summed E-state index contributed by atoms with van der Waals surface area (Å²) >= 11 is 0. The average Bonchev–Trinajstić information content (AvgIpc) is 2.22. The summed E-state index contributed by atoms with van der Waals surface area (Å²) in [5.41, 5.74) is 2.73. The molecule has 82 valence electrons. The zero-order valence-corrected chi connectivity index (χ0v) is 9.32. The van der Waals surface area contributed by atoms with Gasteiger partial charge in [-0.25, -0.2) is 0 Å². The summed E-state index contributed by atoms with van der Waals surface area (Å²) < 4.78 is 0. The van der Waals surface area contributed by atoms with Crippen LogP contribution in [0.4, 0.5) is 0 Å². The molecule has 2 nitrogen and oxygen atoms in total. The molecule has 0 aromatic heterocycles. The van der Waals surface area contributed by atoms with Gasteiger partial charge in [-0.15, -0.1) is 0 Å². The number of aryl methyl sites for hydroxylation is 1. The molecule has 0 spiro atoms. The first-order chi connectivity index (χ1) is 7.25. The van der Waals surface area contributed by atoms with E-state index in [0.29, 0.717) is 0 Å². The van der Waals surface area contributed by atoms with Crippen molar-refractivity contribution in [3.63, 3.8) is 0 Å². The summed E-state index contributed by atoms with van der Waals surface area (Å²) in [6.45, 7) is 5.07. The molecule has 1 saturated heterocycles. The van der Waals surface area contributed by atoms with Gasteiger partial charge in [0.15, 0.2) is 0 Å². The van der Waals surface area contributed by atoms with E-state index < -0.39 is 0 Å². The third-order valence-electron chi connectivity index (χ3n) is 3.14. The van der Waals surface area contributed by atoms with Crippen LogP contribution < -0.4 is 0 Å². The Bertz CT molecular complexity index is 324. The van der Waals surface area contributed by atoms with Crippen molar-refractivity contribution in [2.24, 2.45) is 0 Å². The molecular weight excluding hydrogens is 186 g/mol. The quantitative estimate of drug-likeness (QED) is 0.797. The Hall–Kier alpha value is -0.860. The van der Waals surface area contributed by atoms with Gasteiger partial charge in [0.05, 0.1) is 6.10 Å². The van der Waals surface area contributed by atoms with Crippen LogP contribution in [-0.2, 0) is 6.54 Å². The van der Waals surface area contributed by atoms with Gasteiger partial charge in [-0.3, -0.25) is 4.90 Å². The van der Waals surface area contributed by atoms with Gasteiger partial charge in [-0.1, -0.05) is 24.3 Å². The van der Waals surface area contributed by atoms with Gasteiger partial charge >= 0.3 is 0 Å². The van der Waals surface area contributed by atoms with Crippen molar-refractivity contribution in [1.82, 2.24) is 4.90 Å². The highest BCUT2D eigenvalue weighted by atomic mass is 16.3. The maximum atomic E-state index is 9.59. The Morgan fingerprint density at radius 1 is 1.40 bits per heavy atom. The molecule has 0 unspecified atom stereocenters. The molecule has 1 aromatic rings. The molecule has 0 bridgehead atoms. The van der Waals surface area contributed by atoms with E-state index in [1.807, 2.05) is 0 Å². The van der Waals surface area contributed by atoms with Crippen molar-refractivity contribution in [2.45, 2.75) is 32.4 Å². The van der Waals surface area contributed by atoms with Crippen LogP contribution in [0.15, 0.2) is 24.3 Å². The topological polar surface area (TPSA) is 23.5 Å². The van der Waals surface area contributed by atoms with Crippen LogP contribution >= 0.6 is 0 Å². The monoisotopic (exact) mass is 205 g/mol. The van der Waals surface area contributed by atoms with Gasteiger partial charge in [0.1, 0.15) is 0 Å². The first kappa shape index (κ1) is 10.7. The second kappa shape index (κ2) is 4.77. The maximum Gasteiger partial charge on any atom is 0.0667 e. The lowest BCUT2D eigenvalue weighted by atomic mass is 10.1. The summed E-state index contributed by atoms with van der Waals surface area (Å²) in [5, 5.41) is 9.59. The molecule has 0 radical (unpaired) electrons. The first-order valence-corrected chi connectivity index (χ1v) is 5.70. The Kier molecular flexibility index (Phi) is 3.39. The van der Waals surface area contributed by atoms with E-state index >= 15 is 0 Å². The van der Waals surface area contributed by atoms with Crippen LogP contribution in [0.2, 0.25) is 0 Å². The lowest BCUT2D eigenvalue weighted by Gasteiger charge is -2.30. The van der Waals surface area contributed by atoms with Gasteiger partial charge in [0, 0.05) is 13.1 Å². The minimum absolute atomic E-state index is 0.122. The summed E-state index contributed by atoms with van der Waals surface area (Å²) in [6, 6.07) is 8.48. The van der Waals surface area contributed by atoms with Gasteiger partial charge in [0.2, 0.25) is 0 Å². The van der Waals surface area contributed by atoms with E-state index in [9.17, 15) is 5.11 Å². The van der Waals surface area contributed by atoms with E-state index in [1.54, 1.807) is 0 Å². The van der Waals surface area contributed by atoms with Gasteiger partial charge < -0.3 is 5.11 Å². The summed E-state index contributed by atoms with van der Waals surface area (Å²) in [4.78, 5) is 2.34. The number of aliphatic hydroxyl groups excluding tert-OH is 1. The van der Waals surface area contributed by atoms with Crippen molar-refractivity contribution in [2.75, 3.05) is 13.1 Å². The fraction of sp³-hybridized carbons (Fsp3) is 0.538. The molecule has 15 heavy (non-hydrogen) atoms. The molecule has 2 rings (SSSR count). The minimum Gasteiger partial charge on any atom is -0.392 e. The molecule has 1 aliphatic heterocycles. The SMILES string of the molecule is Cc1ccccc1CN1CCC[C@H](O)C1.